The van der Waals surface area contributed by atoms with Crippen LogP contribution in [-0.4, -0.2) is 18.1 Å². The molecule has 1 heterocycles. The van der Waals surface area contributed by atoms with E-state index in [1.807, 2.05) is 42.5 Å². The predicted molar refractivity (Wildman–Crippen MR) is 79.8 cm³/mol. The van der Waals surface area contributed by atoms with Gasteiger partial charge in [0.25, 0.3) is 0 Å². The van der Waals surface area contributed by atoms with Gasteiger partial charge in [-0.3, -0.25) is 4.98 Å². The predicted octanol–water partition coefficient (Wildman–Crippen LogP) is 3.10. The first kappa shape index (κ1) is 14.2. The van der Waals surface area contributed by atoms with E-state index in [0.717, 1.165) is 22.2 Å². The Balaban J connectivity index is 1.92. The lowest BCUT2D eigenvalue weighted by Gasteiger charge is -2.17. The standard InChI is InChI=1S/C15H17BrN2O/c16-14-7-2-1-6-13(14)15(11-17)19-10-8-12-5-3-4-9-18-12/h1-7,9,15H,8,10-11,17H2. The highest BCUT2D eigenvalue weighted by Crippen LogP contribution is 2.25. The molecule has 2 rings (SSSR count). The highest BCUT2D eigenvalue weighted by atomic mass is 79.9. The van der Waals surface area contributed by atoms with Crippen LogP contribution in [0.15, 0.2) is 53.1 Å². The number of aromatic nitrogens is 1. The van der Waals surface area contributed by atoms with E-state index in [1.54, 1.807) is 6.20 Å². The number of hydrogen-bond acceptors (Lipinski definition) is 3. The molecule has 0 aliphatic rings. The molecule has 1 aromatic heterocycles. The summed E-state index contributed by atoms with van der Waals surface area (Å²) < 4.78 is 6.90. The lowest BCUT2D eigenvalue weighted by molar-refractivity contribution is 0.0600. The fourth-order valence-corrected chi connectivity index (χ4v) is 2.41. The maximum absolute atomic E-state index is 5.87. The van der Waals surface area contributed by atoms with Crippen LogP contribution in [0.1, 0.15) is 17.4 Å². The Hall–Kier alpha value is -1.23. The fraction of sp³-hybridized carbons (Fsp3) is 0.267. The zero-order chi connectivity index (χ0) is 13.5. The minimum atomic E-state index is -0.0840. The van der Waals surface area contributed by atoms with E-state index in [4.69, 9.17) is 10.5 Å². The molecule has 1 atom stereocenters. The molecule has 0 spiro atoms. The summed E-state index contributed by atoms with van der Waals surface area (Å²) in [6, 6.07) is 13.9. The summed E-state index contributed by atoms with van der Waals surface area (Å²) in [5.74, 6) is 0. The molecule has 0 saturated carbocycles. The van der Waals surface area contributed by atoms with Crippen molar-refractivity contribution in [2.24, 2.45) is 5.73 Å². The van der Waals surface area contributed by atoms with Gasteiger partial charge < -0.3 is 10.5 Å². The maximum Gasteiger partial charge on any atom is 0.0958 e. The fourth-order valence-electron chi connectivity index (χ4n) is 1.87. The molecule has 19 heavy (non-hydrogen) atoms. The van der Waals surface area contributed by atoms with E-state index in [0.29, 0.717) is 13.2 Å². The van der Waals surface area contributed by atoms with Crippen LogP contribution >= 0.6 is 15.9 Å². The topological polar surface area (TPSA) is 48.1 Å². The van der Waals surface area contributed by atoms with Crippen molar-refractivity contribution in [2.75, 3.05) is 13.2 Å². The summed E-state index contributed by atoms with van der Waals surface area (Å²) in [4.78, 5) is 4.27. The summed E-state index contributed by atoms with van der Waals surface area (Å²) in [5, 5.41) is 0. The molecule has 4 heteroatoms. The maximum atomic E-state index is 5.87. The van der Waals surface area contributed by atoms with Gasteiger partial charge in [0.1, 0.15) is 0 Å². The highest BCUT2D eigenvalue weighted by molar-refractivity contribution is 9.10. The van der Waals surface area contributed by atoms with Crippen molar-refractivity contribution in [3.8, 4) is 0 Å². The number of hydrogen-bond donors (Lipinski definition) is 1. The van der Waals surface area contributed by atoms with E-state index in [-0.39, 0.29) is 6.10 Å². The lowest BCUT2D eigenvalue weighted by atomic mass is 10.1. The SMILES string of the molecule is NCC(OCCc1ccccn1)c1ccccc1Br. The van der Waals surface area contributed by atoms with Gasteiger partial charge in [0.2, 0.25) is 0 Å². The van der Waals surface area contributed by atoms with Crippen molar-refractivity contribution in [1.82, 2.24) is 4.98 Å². The van der Waals surface area contributed by atoms with Gasteiger partial charge >= 0.3 is 0 Å². The number of nitrogens with zero attached hydrogens (tertiary/aromatic N) is 1. The molecule has 2 N–H and O–H groups in total. The quantitative estimate of drug-likeness (QED) is 0.889. The Labute approximate surface area is 121 Å². The Bertz CT molecular complexity index is 505. The van der Waals surface area contributed by atoms with Crippen LogP contribution in [0.3, 0.4) is 0 Å². The molecule has 0 bridgehead atoms. The second-order valence-corrected chi connectivity index (χ2v) is 5.04. The molecule has 0 aliphatic carbocycles. The molecule has 3 nitrogen and oxygen atoms in total. The van der Waals surface area contributed by atoms with E-state index in [9.17, 15) is 0 Å². The van der Waals surface area contributed by atoms with Crippen molar-refractivity contribution >= 4 is 15.9 Å². The van der Waals surface area contributed by atoms with E-state index in [1.165, 1.54) is 0 Å². The summed E-state index contributed by atoms with van der Waals surface area (Å²) in [6.07, 6.45) is 2.50. The van der Waals surface area contributed by atoms with Crippen LogP contribution in [0.25, 0.3) is 0 Å². The van der Waals surface area contributed by atoms with Gasteiger partial charge in [-0.05, 0) is 23.8 Å². The Morgan fingerprint density at radius 1 is 1.16 bits per heavy atom. The Morgan fingerprint density at radius 3 is 2.63 bits per heavy atom. The number of rotatable bonds is 6. The van der Waals surface area contributed by atoms with Crippen LogP contribution < -0.4 is 5.73 Å². The monoisotopic (exact) mass is 320 g/mol. The van der Waals surface area contributed by atoms with Gasteiger partial charge in [-0.1, -0.05) is 40.2 Å². The first-order valence-electron chi connectivity index (χ1n) is 6.27. The van der Waals surface area contributed by atoms with Gasteiger partial charge in [-0.2, -0.15) is 0 Å². The second kappa shape index (κ2) is 7.38. The van der Waals surface area contributed by atoms with Crippen LogP contribution in [0.4, 0.5) is 0 Å². The molecule has 0 fully saturated rings. The lowest BCUT2D eigenvalue weighted by Crippen LogP contribution is -2.17. The first-order chi connectivity index (χ1) is 9.31. The van der Waals surface area contributed by atoms with Crippen LogP contribution in [0.5, 0.6) is 0 Å². The van der Waals surface area contributed by atoms with E-state index >= 15 is 0 Å². The Morgan fingerprint density at radius 2 is 1.95 bits per heavy atom. The van der Waals surface area contributed by atoms with Crippen molar-refractivity contribution < 1.29 is 4.74 Å². The summed E-state index contributed by atoms with van der Waals surface area (Å²) in [7, 11) is 0. The molecule has 0 saturated heterocycles. The normalized spacial score (nSPS) is 12.3. The molecule has 0 aliphatic heterocycles. The van der Waals surface area contributed by atoms with Crippen molar-refractivity contribution in [3.05, 3.63) is 64.4 Å². The third kappa shape index (κ3) is 4.13. The zero-order valence-electron chi connectivity index (χ0n) is 10.6. The molecular weight excluding hydrogens is 304 g/mol. The van der Waals surface area contributed by atoms with Crippen LogP contribution in [-0.2, 0) is 11.2 Å². The number of halogens is 1. The van der Waals surface area contributed by atoms with Gasteiger partial charge in [-0.25, -0.2) is 0 Å². The first-order valence-corrected chi connectivity index (χ1v) is 7.06. The smallest absolute Gasteiger partial charge is 0.0958 e. The van der Waals surface area contributed by atoms with Crippen molar-refractivity contribution in [2.45, 2.75) is 12.5 Å². The summed E-state index contributed by atoms with van der Waals surface area (Å²) in [6.45, 7) is 1.07. The number of nitrogens with two attached hydrogens (primary N) is 1. The molecule has 1 unspecified atom stereocenters. The minimum Gasteiger partial charge on any atom is -0.372 e. The van der Waals surface area contributed by atoms with Gasteiger partial charge in [0, 0.05) is 29.3 Å². The van der Waals surface area contributed by atoms with E-state index < -0.39 is 0 Å². The van der Waals surface area contributed by atoms with Gasteiger partial charge in [0.05, 0.1) is 12.7 Å². The molecule has 2 aromatic rings. The third-order valence-electron chi connectivity index (χ3n) is 2.87. The van der Waals surface area contributed by atoms with Crippen molar-refractivity contribution in [3.63, 3.8) is 0 Å². The molecule has 0 radical (unpaired) electrons. The second-order valence-electron chi connectivity index (χ2n) is 4.19. The van der Waals surface area contributed by atoms with Gasteiger partial charge in [0.15, 0.2) is 0 Å². The summed E-state index contributed by atoms with van der Waals surface area (Å²) in [5.41, 5.74) is 7.91. The molecular formula is C15H17BrN2O. The highest BCUT2D eigenvalue weighted by Gasteiger charge is 2.12. The van der Waals surface area contributed by atoms with Crippen molar-refractivity contribution in [1.29, 1.82) is 0 Å². The number of ether oxygens (including phenoxy) is 1. The summed E-state index contributed by atoms with van der Waals surface area (Å²) >= 11 is 3.53. The zero-order valence-corrected chi connectivity index (χ0v) is 12.2. The Kier molecular flexibility index (Phi) is 5.51. The van der Waals surface area contributed by atoms with Crippen LogP contribution in [0, 0.1) is 0 Å². The number of benzene rings is 1. The van der Waals surface area contributed by atoms with E-state index in [2.05, 4.69) is 20.9 Å². The average molecular weight is 321 g/mol. The van der Waals surface area contributed by atoms with Crippen LogP contribution in [0.2, 0.25) is 0 Å². The third-order valence-corrected chi connectivity index (χ3v) is 3.59. The number of pyridine rings is 1. The molecule has 0 amide bonds. The van der Waals surface area contributed by atoms with Gasteiger partial charge in [-0.15, -0.1) is 0 Å². The largest absolute Gasteiger partial charge is 0.372 e. The molecule has 100 valence electrons. The minimum absolute atomic E-state index is 0.0840. The average Bonchev–Trinajstić information content (AvgIpc) is 2.46. The molecule has 1 aromatic carbocycles.